The molecule has 1 aromatic heterocycles. The van der Waals surface area contributed by atoms with E-state index in [1.54, 1.807) is 30.7 Å². The fourth-order valence-corrected chi connectivity index (χ4v) is 6.03. The van der Waals surface area contributed by atoms with Crippen molar-refractivity contribution in [2.45, 2.75) is 75.8 Å². The van der Waals surface area contributed by atoms with Crippen molar-refractivity contribution in [2.75, 3.05) is 13.3 Å². The minimum atomic E-state index is -2.82. The summed E-state index contributed by atoms with van der Waals surface area (Å²) >= 11 is 3.53. The number of benzene rings is 3. The van der Waals surface area contributed by atoms with Crippen LogP contribution in [0.4, 0.5) is 8.78 Å². The van der Waals surface area contributed by atoms with Crippen LogP contribution >= 0.6 is 12.6 Å². The number of hydrogen-bond donors (Lipinski definition) is 3. The molecule has 2 saturated carbocycles. The normalized spacial score (nSPS) is 18.0. The molecule has 4 aromatic rings. The fourth-order valence-electron chi connectivity index (χ4n) is 6.03. The zero-order chi connectivity index (χ0) is 34.0. The predicted octanol–water partition coefficient (Wildman–Crippen LogP) is 9.39. The maximum atomic E-state index is 15.3. The summed E-state index contributed by atoms with van der Waals surface area (Å²) in [6.45, 7) is 4.00. The average molecular weight is 644 g/mol. The van der Waals surface area contributed by atoms with Gasteiger partial charge >= 0.3 is 0 Å². The van der Waals surface area contributed by atoms with Crippen LogP contribution in [0.2, 0.25) is 0 Å². The highest BCUT2D eigenvalue weighted by atomic mass is 32.1. The van der Waals surface area contributed by atoms with Gasteiger partial charge in [-0.25, -0.2) is 8.78 Å². The fraction of sp³-hybridized carbons (Fsp3) is 0.375. The highest BCUT2D eigenvalue weighted by Crippen LogP contribution is 2.46. The number of nitrogens with zero attached hydrogens (tertiary/aromatic N) is 1. The van der Waals surface area contributed by atoms with Crippen molar-refractivity contribution in [3.8, 4) is 12.8 Å². The molecule has 3 nitrogen and oxygen atoms in total. The van der Waals surface area contributed by atoms with Gasteiger partial charge in [0.1, 0.15) is 0 Å². The lowest BCUT2D eigenvalue weighted by Crippen LogP contribution is -2.44. The lowest BCUT2D eigenvalue weighted by Gasteiger charge is -2.35. The number of nitrogens with one attached hydrogen (secondary N) is 1. The number of halogens is 2. The van der Waals surface area contributed by atoms with E-state index in [9.17, 15) is 0 Å². The summed E-state index contributed by atoms with van der Waals surface area (Å²) in [6.07, 6.45) is 16.2. The lowest BCUT2D eigenvalue weighted by molar-refractivity contribution is -0.0627. The number of pyridine rings is 1. The van der Waals surface area contributed by atoms with E-state index in [-0.39, 0.29) is 5.56 Å². The van der Waals surface area contributed by atoms with Gasteiger partial charge in [-0.2, -0.15) is 12.6 Å². The first-order chi connectivity index (χ1) is 22.4. The molecule has 0 radical (unpaired) electrons. The zero-order valence-electron chi connectivity index (χ0n) is 27.7. The van der Waals surface area contributed by atoms with Gasteiger partial charge in [-0.1, -0.05) is 112 Å². The molecule has 246 valence electrons. The summed E-state index contributed by atoms with van der Waals surface area (Å²) in [5, 5.41) is 3.44. The van der Waals surface area contributed by atoms with E-state index in [0.717, 1.165) is 29.7 Å². The largest absolute Gasteiger partial charge is 0.327 e. The minimum absolute atomic E-state index is 0.107. The van der Waals surface area contributed by atoms with Crippen LogP contribution in [-0.4, -0.2) is 24.3 Å². The summed E-state index contributed by atoms with van der Waals surface area (Å²) in [4.78, 5) is 4.61. The summed E-state index contributed by atoms with van der Waals surface area (Å²) in [5.74, 6) is -2.73. The first-order valence-corrected chi connectivity index (χ1v) is 17.1. The minimum Gasteiger partial charge on any atom is -0.327 e. The van der Waals surface area contributed by atoms with Gasteiger partial charge < -0.3 is 11.1 Å². The maximum Gasteiger partial charge on any atom is 0.276 e. The predicted molar refractivity (Wildman–Crippen MR) is 194 cm³/mol. The van der Waals surface area contributed by atoms with Crippen LogP contribution < -0.4 is 11.1 Å². The molecule has 0 spiro atoms. The summed E-state index contributed by atoms with van der Waals surface area (Å²) in [5.41, 5.74) is 9.24. The van der Waals surface area contributed by atoms with Gasteiger partial charge in [-0.05, 0) is 67.5 Å². The number of aromatic nitrogens is 1. The smallest absolute Gasteiger partial charge is 0.276 e. The number of likely N-dealkylation sites (N-methyl/N-ethyl adjacent to an activating group) is 1. The van der Waals surface area contributed by atoms with Crippen LogP contribution in [0.5, 0.6) is 0 Å². The van der Waals surface area contributed by atoms with E-state index in [1.165, 1.54) is 12.0 Å². The zero-order valence-corrected chi connectivity index (χ0v) is 28.6. The molecule has 2 aliphatic carbocycles. The van der Waals surface area contributed by atoms with Crippen molar-refractivity contribution in [2.24, 2.45) is 11.7 Å². The Bertz CT molecular complexity index is 1390. The quantitative estimate of drug-likeness (QED) is 0.132. The number of hydrogen-bond acceptors (Lipinski definition) is 4. The highest BCUT2D eigenvalue weighted by Gasteiger charge is 2.44. The van der Waals surface area contributed by atoms with Gasteiger partial charge in [0.15, 0.2) is 0 Å². The van der Waals surface area contributed by atoms with E-state index in [1.807, 2.05) is 69.4 Å². The standard InChI is InChI=1S/C26H28F2N2.C9H11N.C2H6.C2H2.CH4S/c1-29-25(24-16-7-8-17-30-24,19-20-10-3-2-4-11-20)22-14-9-15-23(18-22)26(27,28)21-12-5-6-13-21;10-9-6-8(9)7-4-2-1-3-5-7;3*1-2/h2-4,7-11,14-18,21,29H,5-6,12-13,19H2,1H3;1-5,8-9H,6,10H2;1-2H3;1-2H;2H,1H3/t;8-,9?;;;/m.0.../s1. The Morgan fingerprint density at radius 2 is 1.37 bits per heavy atom. The van der Waals surface area contributed by atoms with Crippen molar-refractivity contribution in [1.82, 2.24) is 10.3 Å². The van der Waals surface area contributed by atoms with E-state index in [4.69, 9.17) is 5.73 Å². The summed E-state index contributed by atoms with van der Waals surface area (Å²) < 4.78 is 30.7. The molecule has 6 rings (SSSR count). The molecule has 3 atom stereocenters. The van der Waals surface area contributed by atoms with Gasteiger partial charge in [-0.3, -0.25) is 4.98 Å². The average Bonchev–Trinajstić information content (AvgIpc) is 3.60. The number of rotatable bonds is 8. The van der Waals surface area contributed by atoms with E-state index >= 15 is 8.78 Å². The third kappa shape index (κ3) is 10.00. The van der Waals surface area contributed by atoms with Crippen LogP contribution in [0.3, 0.4) is 0 Å². The molecule has 46 heavy (non-hydrogen) atoms. The van der Waals surface area contributed by atoms with E-state index in [0.29, 0.717) is 31.2 Å². The molecule has 0 bridgehead atoms. The molecule has 6 heteroatoms. The number of alkyl halides is 2. The van der Waals surface area contributed by atoms with Crippen LogP contribution in [0, 0.1) is 18.8 Å². The van der Waals surface area contributed by atoms with Gasteiger partial charge in [0.05, 0.1) is 11.2 Å². The van der Waals surface area contributed by atoms with Crippen molar-refractivity contribution >= 4 is 12.6 Å². The third-order valence-corrected chi connectivity index (χ3v) is 8.52. The van der Waals surface area contributed by atoms with E-state index < -0.39 is 17.4 Å². The second kappa shape index (κ2) is 19.9. The van der Waals surface area contributed by atoms with Crippen molar-refractivity contribution in [3.63, 3.8) is 0 Å². The molecular weight excluding hydrogens is 593 g/mol. The first kappa shape index (κ1) is 38.7. The Hall–Kier alpha value is -3.50. The van der Waals surface area contributed by atoms with Crippen LogP contribution in [-0.2, 0) is 17.9 Å². The molecular formula is C40H51F2N3S. The third-order valence-electron chi connectivity index (χ3n) is 8.52. The first-order valence-electron chi connectivity index (χ1n) is 16.2. The van der Waals surface area contributed by atoms with Crippen LogP contribution in [0.1, 0.15) is 79.8 Å². The molecule has 3 N–H and O–H groups in total. The molecule has 2 unspecified atom stereocenters. The van der Waals surface area contributed by atoms with Crippen molar-refractivity contribution in [3.05, 3.63) is 137 Å². The number of thiol groups is 1. The summed E-state index contributed by atoms with van der Waals surface area (Å²) in [7, 11) is 1.87. The highest BCUT2D eigenvalue weighted by molar-refractivity contribution is 7.79. The Balaban J connectivity index is 0.000000382. The number of terminal acetylenes is 1. The van der Waals surface area contributed by atoms with E-state index in [2.05, 4.69) is 72.2 Å². The SMILES string of the molecule is C#C.CC.CNC(Cc1ccccc1)(c1cccc(C(F)(F)C2CCCC2)c1)c1ccccn1.CS.NC1C[C@H]1c1ccccc1. The topological polar surface area (TPSA) is 50.9 Å². The Morgan fingerprint density at radius 3 is 1.89 bits per heavy atom. The second-order valence-electron chi connectivity index (χ2n) is 11.1. The van der Waals surface area contributed by atoms with Crippen LogP contribution in [0.15, 0.2) is 109 Å². The van der Waals surface area contributed by atoms with Gasteiger partial charge in [0, 0.05) is 36.1 Å². The molecule has 0 aliphatic heterocycles. The van der Waals surface area contributed by atoms with Gasteiger partial charge in [-0.15, -0.1) is 12.8 Å². The summed E-state index contributed by atoms with van der Waals surface area (Å²) in [6, 6.07) is 33.7. The molecule has 2 fully saturated rings. The second-order valence-corrected chi connectivity index (χ2v) is 11.1. The molecule has 1 heterocycles. The monoisotopic (exact) mass is 643 g/mol. The molecule has 0 saturated heterocycles. The van der Waals surface area contributed by atoms with Crippen LogP contribution in [0.25, 0.3) is 0 Å². The maximum absolute atomic E-state index is 15.3. The van der Waals surface area contributed by atoms with Gasteiger partial charge in [0.2, 0.25) is 0 Å². The Morgan fingerprint density at radius 1 is 0.826 bits per heavy atom. The van der Waals surface area contributed by atoms with Crippen molar-refractivity contribution < 1.29 is 8.78 Å². The van der Waals surface area contributed by atoms with Crippen molar-refractivity contribution in [1.29, 1.82) is 0 Å². The Kier molecular flexibility index (Phi) is 16.7. The number of nitrogens with two attached hydrogens (primary N) is 1. The lowest BCUT2D eigenvalue weighted by atomic mass is 9.79. The van der Waals surface area contributed by atoms with Gasteiger partial charge in [0.25, 0.3) is 5.92 Å². The molecule has 2 aliphatic rings. The molecule has 0 amide bonds. The Labute approximate surface area is 281 Å². The molecule has 3 aromatic carbocycles.